The van der Waals surface area contributed by atoms with E-state index in [0.717, 1.165) is 6.07 Å². The third-order valence-electron chi connectivity index (χ3n) is 2.21. The summed E-state index contributed by atoms with van der Waals surface area (Å²) in [5.74, 6) is -1.05. The van der Waals surface area contributed by atoms with Crippen LogP contribution in [0.25, 0.3) is 0 Å². The summed E-state index contributed by atoms with van der Waals surface area (Å²) in [6, 6.07) is 2.59. The first-order valence-corrected chi connectivity index (χ1v) is 4.82. The summed E-state index contributed by atoms with van der Waals surface area (Å²) in [5, 5.41) is 9.85. The summed E-state index contributed by atoms with van der Waals surface area (Å²) in [7, 11) is 0. The van der Waals surface area contributed by atoms with E-state index >= 15 is 0 Å². The summed E-state index contributed by atoms with van der Waals surface area (Å²) >= 11 is 5.86. The van der Waals surface area contributed by atoms with Gasteiger partial charge in [-0.3, -0.25) is 0 Å². The van der Waals surface area contributed by atoms with Gasteiger partial charge in [-0.25, -0.2) is 4.39 Å². The summed E-state index contributed by atoms with van der Waals surface area (Å²) in [4.78, 5) is 0. The molecule has 3 N–H and O–H groups in total. The molecule has 0 saturated heterocycles. The van der Waals surface area contributed by atoms with Crippen LogP contribution in [-0.4, -0.2) is 11.7 Å². The van der Waals surface area contributed by atoms with Crippen LogP contribution < -0.4 is 5.73 Å². The predicted octanol–water partition coefficient (Wildman–Crippen LogP) is 2.64. The van der Waals surface area contributed by atoms with Gasteiger partial charge in [-0.2, -0.15) is 0 Å². The van der Waals surface area contributed by atoms with Gasteiger partial charge < -0.3 is 10.8 Å². The molecular formula is C10H13ClFNO. The number of phenols is 1. The van der Waals surface area contributed by atoms with E-state index in [0.29, 0.717) is 23.6 Å². The summed E-state index contributed by atoms with van der Waals surface area (Å²) in [6.45, 7) is 2.33. The number of nitrogens with two attached hydrogens (primary N) is 1. The maximum absolute atomic E-state index is 13.0. The van der Waals surface area contributed by atoms with Crippen LogP contribution in [0.3, 0.4) is 0 Å². The van der Waals surface area contributed by atoms with Crippen LogP contribution in [0.2, 0.25) is 5.02 Å². The molecule has 0 heterocycles. The van der Waals surface area contributed by atoms with Crippen molar-refractivity contribution >= 4 is 11.6 Å². The van der Waals surface area contributed by atoms with Crippen LogP contribution >= 0.6 is 11.6 Å². The molecule has 2 nitrogen and oxygen atoms in total. The van der Waals surface area contributed by atoms with E-state index in [1.807, 2.05) is 6.92 Å². The Kier molecular flexibility index (Phi) is 3.72. The fourth-order valence-corrected chi connectivity index (χ4v) is 1.76. The largest absolute Gasteiger partial charge is 0.505 e. The molecule has 0 spiro atoms. The molecular weight excluding hydrogens is 205 g/mol. The minimum Gasteiger partial charge on any atom is -0.505 e. The molecule has 0 aliphatic carbocycles. The first-order valence-electron chi connectivity index (χ1n) is 4.44. The van der Waals surface area contributed by atoms with Gasteiger partial charge in [-0.1, -0.05) is 18.5 Å². The van der Waals surface area contributed by atoms with Crippen molar-refractivity contribution in [2.24, 2.45) is 5.73 Å². The second-order valence-electron chi connectivity index (χ2n) is 3.27. The van der Waals surface area contributed by atoms with Gasteiger partial charge >= 0.3 is 0 Å². The Balaban J connectivity index is 3.11. The SMILES string of the molecule is CC(CCN)c1c(Cl)ccc(F)c1O. The minimum atomic E-state index is -0.645. The molecule has 0 bridgehead atoms. The molecule has 1 aromatic carbocycles. The molecule has 0 radical (unpaired) electrons. The van der Waals surface area contributed by atoms with Crippen molar-refractivity contribution in [1.29, 1.82) is 0 Å². The van der Waals surface area contributed by atoms with E-state index in [9.17, 15) is 9.50 Å². The standard InChI is InChI=1S/C10H13ClFNO/c1-6(4-5-13)9-7(11)2-3-8(12)10(9)14/h2-3,6,14H,4-5,13H2,1H3. The fourth-order valence-electron chi connectivity index (χ4n) is 1.42. The predicted molar refractivity (Wildman–Crippen MR) is 55.2 cm³/mol. The quantitative estimate of drug-likeness (QED) is 0.818. The molecule has 0 fully saturated rings. The summed E-state index contributed by atoms with van der Waals surface area (Å²) in [6.07, 6.45) is 0.663. The highest BCUT2D eigenvalue weighted by Gasteiger charge is 2.16. The molecule has 0 amide bonds. The lowest BCUT2D eigenvalue weighted by Gasteiger charge is -2.14. The molecule has 78 valence electrons. The lowest BCUT2D eigenvalue weighted by atomic mass is 9.96. The zero-order chi connectivity index (χ0) is 10.7. The van der Waals surface area contributed by atoms with Crippen molar-refractivity contribution in [2.45, 2.75) is 19.3 Å². The van der Waals surface area contributed by atoms with Gasteiger partial charge in [0.15, 0.2) is 11.6 Å². The van der Waals surface area contributed by atoms with Gasteiger partial charge in [-0.05, 0) is 31.0 Å². The van der Waals surface area contributed by atoms with Crippen molar-refractivity contribution in [3.05, 3.63) is 28.5 Å². The van der Waals surface area contributed by atoms with Gasteiger partial charge in [0, 0.05) is 10.6 Å². The van der Waals surface area contributed by atoms with Crippen LogP contribution in [0.5, 0.6) is 5.75 Å². The second-order valence-corrected chi connectivity index (χ2v) is 3.68. The van der Waals surface area contributed by atoms with E-state index in [4.69, 9.17) is 17.3 Å². The zero-order valence-electron chi connectivity index (χ0n) is 7.93. The topological polar surface area (TPSA) is 46.2 Å². The van der Waals surface area contributed by atoms with Crippen molar-refractivity contribution < 1.29 is 9.50 Å². The third-order valence-corrected chi connectivity index (χ3v) is 2.54. The highest BCUT2D eigenvalue weighted by Crippen LogP contribution is 2.35. The lowest BCUT2D eigenvalue weighted by molar-refractivity contribution is 0.420. The molecule has 0 aromatic heterocycles. The van der Waals surface area contributed by atoms with E-state index < -0.39 is 5.82 Å². The van der Waals surface area contributed by atoms with Gasteiger partial charge in [0.05, 0.1) is 0 Å². The number of hydrogen-bond acceptors (Lipinski definition) is 2. The van der Waals surface area contributed by atoms with Crippen LogP contribution in [0.4, 0.5) is 4.39 Å². The maximum Gasteiger partial charge on any atom is 0.165 e. The molecule has 1 atom stereocenters. The molecule has 14 heavy (non-hydrogen) atoms. The summed E-state index contributed by atoms with van der Waals surface area (Å²) < 4.78 is 13.0. The van der Waals surface area contributed by atoms with Gasteiger partial charge in [0.2, 0.25) is 0 Å². The van der Waals surface area contributed by atoms with Gasteiger partial charge in [0.25, 0.3) is 0 Å². The highest BCUT2D eigenvalue weighted by molar-refractivity contribution is 6.31. The molecule has 0 aliphatic heterocycles. The molecule has 1 unspecified atom stereocenters. The smallest absolute Gasteiger partial charge is 0.165 e. The minimum absolute atomic E-state index is 0.0387. The molecule has 1 aromatic rings. The van der Waals surface area contributed by atoms with Gasteiger partial charge in [-0.15, -0.1) is 0 Å². The molecule has 4 heteroatoms. The number of hydrogen-bond donors (Lipinski definition) is 2. The average Bonchev–Trinajstić information content (AvgIpc) is 2.13. The van der Waals surface area contributed by atoms with Crippen LogP contribution in [0.1, 0.15) is 24.8 Å². The molecule has 0 aliphatic rings. The Labute approximate surface area is 87.5 Å². The van der Waals surface area contributed by atoms with E-state index in [1.54, 1.807) is 0 Å². The average molecular weight is 218 g/mol. The fraction of sp³-hybridized carbons (Fsp3) is 0.400. The first-order chi connectivity index (χ1) is 6.57. The number of aromatic hydroxyl groups is 1. The van der Waals surface area contributed by atoms with Crippen molar-refractivity contribution in [3.63, 3.8) is 0 Å². The Morgan fingerprint density at radius 1 is 1.57 bits per heavy atom. The first kappa shape index (κ1) is 11.3. The Hall–Kier alpha value is -0.800. The van der Waals surface area contributed by atoms with Gasteiger partial charge in [0.1, 0.15) is 0 Å². The van der Waals surface area contributed by atoms with E-state index in [-0.39, 0.29) is 11.7 Å². The third kappa shape index (κ3) is 2.16. The van der Waals surface area contributed by atoms with Crippen LogP contribution in [-0.2, 0) is 0 Å². The Morgan fingerprint density at radius 3 is 2.79 bits per heavy atom. The Morgan fingerprint density at radius 2 is 2.21 bits per heavy atom. The van der Waals surface area contributed by atoms with Crippen LogP contribution in [0.15, 0.2) is 12.1 Å². The van der Waals surface area contributed by atoms with Crippen molar-refractivity contribution in [3.8, 4) is 5.75 Å². The monoisotopic (exact) mass is 217 g/mol. The van der Waals surface area contributed by atoms with Crippen LogP contribution in [0, 0.1) is 5.82 Å². The number of phenolic OH excluding ortho intramolecular Hbond substituents is 1. The highest BCUT2D eigenvalue weighted by atomic mass is 35.5. The van der Waals surface area contributed by atoms with Crippen molar-refractivity contribution in [1.82, 2.24) is 0 Å². The van der Waals surface area contributed by atoms with Crippen molar-refractivity contribution in [2.75, 3.05) is 6.54 Å². The Bertz CT molecular complexity index is 330. The van der Waals surface area contributed by atoms with E-state index in [2.05, 4.69) is 0 Å². The zero-order valence-corrected chi connectivity index (χ0v) is 8.68. The van der Waals surface area contributed by atoms with E-state index in [1.165, 1.54) is 6.07 Å². The normalized spacial score (nSPS) is 12.9. The maximum atomic E-state index is 13.0. The summed E-state index contributed by atoms with van der Waals surface area (Å²) in [5.41, 5.74) is 5.83. The molecule has 1 rings (SSSR count). The number of benzene rings is 1. The number of halogens is 2. The lowest BCUT2D eigenvalue weighted by Crippen LogP contribution is -2.05. The second kappa shape index (κ2) is 4.62. The number of rotatable bonds is 3. The molecule has 0 saturated carbocycles.